The molecule has 2 aromatic carbocycles. The highest BCUT2D eigenvalue weighted by Gasteiger charge is 2.11. The second kappa shape index (κ2) is 6.41. The van der Waals surface area contributed by atoms with Crippen LogP contribution in [0.2, 0.25) is 0 Å². The van der Waals surface area contributed by atoms with Crippen molar-refractivity contribution in [1.82, 2.24) is 0 Å². The predicted molar refractivity (Wildman–Crippen MR) is 93.4 cm³/mol. The molecule has 2 nitrogen and oxygen atoms in total. The van der Waals surface area contributed by atoms with E-state index in [4.69, 9.17) is 0 Å². The Hall–Kier alpha value is -0.650. The van der Waals surface area contributed by atoms with E-state index in [1.54, 1.807) is 6.07 Å². The van der Waals surface area contributed by atoms with Crippen LogP contribution in [0.1, 0.15) is 21.5 Å². The lowest BCUT2D eigenvalue weighted by atomic mass is 10.1. The Morgan fingerprint density at radius 2 is 1.60 bits per heavy atom. The third-order valence-electron chi connectivity index (χ3n) is 2.87. The standard InChI is InChI=1S/C15H12Br3NO/c1-8-5-11(6-9(2)14(8)18)19-15(20)12-4-3-10(16)7-13(12)17/h3-7H,1-2H3,(H,19,20). The minimum Gasteiger partial charge on any atom is -0.322 e. The summed E-state index contributed by atoms with van der Waals surface area (Å²) in [5, 5.41) is 2.92. The Morgan fingerprint density at radius 3 is 2.15 bits per heavy atom. The van der Waals surface area contributed by atoms with Crippen molar-refractivity contribution >= 4 is 59.4 Å². The van der Waals surface area contributed by atoms with E-state index >= 15 is 0 Å². The van der Waals surface area contributed by atoms with Gasteiger partial charge in [0.1, 0.15) is 0 Å². The molecule has 0 saturated heterocycles. The normalized spacial score (nSPS) is 10.4. The quantitative estimate of drug-likeness (QED) is 0.597. The molecule has 0 aromatic heterocycles. The van der Waals surface area contributed by atoms with E-state index in [-0.39, 0.29) is 5.91 Å². The third-order valence-corrected chi connectivity index (χ3v) is 5.27. The van der Waals surface area contributed by atoms with Crippen molar-refractivity contribution in [3.63, 3.8) is 0 Å². The van der Waals surface area contributed by atoms with Crippen LogP contribution in [0.4, 0.5) is 5.69 Å². The van der Waals surface area contributed by atoms with Crippen molar-refractivity contribution in [1.29, 1.82) is 0 Å². The summed E-state index contributed by atoms with van der Waals surface area (Å²) in [6, 6.07) is 9.37. The highest BCUT2D eigenvalue weighted by molar-refractivity contribution is 9.11. The van der Waals surface area contributed by atoms with Crippen LogP contribution in [0.3, 0.4) is 0 Å². The average molecular weight is 462 g/mol. The number of hydrogen-bond donors (Lipinski definition) is 1. The Balaban J connectivity index is 2.28. The molecule has 0 bridgehead atoms. The molecule has 0 saturated carbocycles. The molecule has 0 aliphatic carbocycles. The summed E-state index contributed by atoms with van der Waals surface area (Å²) in [6.07, 6.45) is 0. The zero-order chi connectivity index (χ0) is 14.9. The number of aryl methyl sites for hydroxylation is 2. The summed E-state index contributed by atoms with van der Waals surface area (Å²) in [5.74, 6) is -0.134. The van der Waals surface area contributed by atoms with Crippen molar-refractivity contribution in [3.8, 4) is 0 Å². The molecule has 0 fully saturated rings. The number of hydrogen-bond acceptors (Lipinski definition) is 1. The first-order valence-electron chi connectivity index (χ1n) is 5.91. The summed E-state index contributed by atoms with van der Waals surface area (Å²) < 4.78 is 2.76. The lowest BCUT2D eigenvalue weighted by Crippen LogP contribution is -2.12. The molecular weight excluding hydrogens is 450 g/mol. The third kappa shape index (κ3) is 3.51. The van der Waals surface area contributed by atoms with Crippen LogP contribution < -0.4 is 5.32 Å². The minimum atomic E-state index is -0.134. The number of amides is 1. The van der Waals surface area contributed by atoms with Gasteiger partial charge in [0.25, 0.3) is 5.91 Å². The average Bonchev–Trinajstić information content (AvgIpc) is 2.35. The number of anilines is 1. The molecule has 0 spiro atoms. The summed E-state index contributed by atoms with van der Waals surface area (Å²) in [7, 11) is 0. The van der Waals surface area contributed by atoms with Gasteiger partial charge in [-0.25, -0.2) is 0 Å². The van der Waals surface area contributed by atoms with Gasteiger partial charge in [0.05, 0.1) is 5.56 Å². The van der Waals surface area contributed by atoms with Crippen molar-refractivity contribution in [2.24, 2.45) is 0 Å². The van der Waals surface area contributed by atoms with Gasteiger partial charge in [-0.2, -0.15) is 0 Å². The minimum absolute atomic E-state index is 0.134. The van der Waals surface area contributed by atoms with E-state index in [1.165, 1.54) is 0 Å². The molecule has 5 heteroatoms. The van der Waals surface area contributed by atoms with Gasteiger partial charge in [-0.3, -0.25) is 4.79 Å². The smallest absolute Gasteiger partial charge is 0.256 e. The fourth-order valence-electron chi connectivity index (χ4n) is 1.89. The van der Waals surface area contributed by atoms with Gasteiger partial charge < -0.3 is 5.32 Å². The second-order valence-corrected chi connectivity index (χ2v) is 7.07. The van der Waals surface area contributed by atoms with Crippen LogP contribution in [0, 0.1) is 13.8 Å². The highest BCUT2D eigenvalue weighted by Crippen LogP contribution is 2.26. The highest BCUT2D eigenvalue weighted by atomic mass is 79.9. The Labute approximate surface area is 143 Å². The van der Waals surface area contributed by atoms with Crippen LogP contribution in [0.15, 0.2) is 43.7 Å². The van der Waals surface area contributed by atoms with Crippen LogP contribution in [0.5, 0.6) is 0 Å². The monoisotopic (exact) mass is 459 g/mol. The molecule has 0 radical (unpaired) electrons. The molecule has 2 aromatic rings. The van der Waals surface area contributed by atoms with Crippen molar-refractivity contribution in [3.05, 3.63) is 60.4 Å². The van der Waals surface area contributed by atoms with Crippen molar-refractivity contribution in [2.45, 2.75) is 13.8 Å². The summed E-state index contributed by atoms with van der Waals surface area (Å²) in [6.45, 7) is 4.00. The second-order valence-electron chi connectivity index (χ2n) is 4.50. The van der Waals surface area contributed by atoms with Gasteiger partial charge in [-0.1, -0.05) is 31.9 Å². The van der Waals surface area contributed by atoms with Gasteiger partial charge >= 0.3 is 0 Å². The topological polar surface area (TPSA) is 29.1 Å². The molecule has 1 N–H and O–H groups in total. The lowest BCUT2D eigenvalue weighted by Gasteiger charge is -2.10. The molecule has 0 aliphatic heterocycles. The van der Waals surface area contributed by atoms with Gasteiger partial charge in [0, 0.05) is 19.1 Å². The van der Waals surface area contributed by atoms with Crippen LogP contribution in [-0.2, 0) is 0 Å². The van der Waals surface area contributed by atoms with Crippen molar-refractivity contribution < 1.29 is 4.79 Å². The fraction of sp³-hybridized carbons (Fsp3) is 0.133. The fourth-order valence-corrected chi connectivity index (χ4v) is 3.35. The van der Waals surface area contributed by atoms with Crippen LogP contribution in [0.25, 0.3) is 0 Å². The molecule has 0 unspecified atom stereocenters. The number of carbonyl (C=O) groups is 1. The van der Waals surface area contributed by atoms with Crippen LogP contribution >= 0.6 is 47.8 Å². The molecule has 1 amide bonds. The molecule has 2 rings (SSSR count). The zero-order valence-electron chi connectivity index (χ0n) is 10.9. The molecule has 0 heterocycles. The Kier molecular flexibility index (Phi) is 5.04. The van der Waals surface area contributed by atoms with Gasteiger partial charge in [-0.15, -0.1) is 0 Å². The first kappa shape index (κ1) is 15.7. The van der Waals surface area contributed by atoms with E-state index in [2.05, 4.69) is 53.1 Å². The maximum atomic E-state index is 12.3. The molecule has 0 aliphatic rings. The SMILES string of the molecule is Cc1cc(NC(=O)c2ccc(Br)cc2Br)cc(C)c1Br. The number of nitrogens with one attached hydrogen (secondary N) is 1. The predicted octanol–water partition coefficient (Wildman–Crippen LogP) is 5.84. The van der Waals surface area contributed by atoms with Gasteiger partial charge in [0.15, 0.2) is 0 Å². The van der Waals surface area contributed by atoms with Gasteiger partial charge in [-0.05, 0) is 71.2 Å². The van der Waals surface area contributed by atoms with E-state index in [9.17, 15) is 4.79 Å². The van der Waals surface area contributed by atoms with Gasteiger partial charge in [0.2, 0.25) is 0 Å². The van der Waals surface area contributed by atoms with E-state index in [1.807, 2.05) is 38.1 Å². The molecule has 104 valence electrons. The largest absolute Gasteiger partial charge is 0.322 e. The number of halogens is 3. The maximum Gasteiger partial charge on any atom is 0.256 e. The maximum absolute atomic E-state index is 12.3. The molecule has 0 atom stereocenters. The first-order valence-corrected chi connectivity index (χ1v) is 8.29. The Morgan fingerprint density at radius 1 is 1.00 bits per heavy atom. The number of rotatable bonds is 2. The number of carbonyl (C=O) groups excluding carboxylic acids is 1. The molecule has 20 heavy (non-hydrogen) atoms. The van der Waals surface area contributed by atoms with Crippen LogP contribution in [-0.4, -0.2) is 5.91 Å². The summed E-state index contributed by atoms with van der Waals surface area (Å²) in [5.41, 5.74) is 3.58. The zero-order valence-corrected chi connectivity index (χ0v) is 15.7. The first-order chi connectivity index (χ1) is 9.38. The number of benzene rings is 2. The van der Waals surface area contributed by atoms with E-state index in [0.29, 0.717) is 5.56 Å². The lowest BCUT2D eigenvalue weighted by molar-refractivity contribution is 0.102. The summed E-state index contributed by atoms with van der Waals surface area (Å²) >= 11 is 10.3. The van der Waals surface area contributed by atoms with E-state index < -0.39 is 0 Å². The summed E-state index contributed by atoms with van der Waals surface area (Å²) in [4.78, 5) is 12.3. The molecular formula is C15H12Br3NO. The van der Waals surface area contributed by atoms with Crippen molar-refractivity contribution in [2.75, 3.05) is 5.32 Å². The Bertz CT molecular complexity index is 660. The van der Waals surface area contributed by atoms with E-state index in [0.717, 1.165) is 30.2 Å².